The monoisotopic (exact) mass is 352 g/mol. The number of hydrogen-bond acceptors (Lipinski definition) is 3. The van der Waals surface area contributed by atoms with Crippen molar-refractivity contribution in [3.63, 3.8) is 0 Å². The fraction of sp³-hybridized carbons (Fsp3) is 0.409. The molecule has 0 atom stereocenters. The number of rotatable bonds is 7. The number of amides is 1. The molecule has 1 aliphatic rings. The molecule has 1 aliphatic heterocycles. The first-order chi connectivity index (χ1) is 12.7. The molecule has 0 unspecified atom stereocenters. The molecule has 1 fully saturated rings. The molecular weight excluding hydrogens is 324 g/mol. The van der Waals surface area contributed by atoms with Gasteiger partial charge in [0.2, 0.25) is 0 Å². The average Bonchev–Trinajstić information content (AvgIpc) is 3.19. The Labute approximate surface area is 156 Å². The molecule has 0 radical (unpaired) electrons. The largest absolute Gasteiger partial charge is 0.494 e. The molecule has 2 aromatic rings. The van der Waals surface area contributed by atoms with Gasteiger partial charge < -0.3 is 15.0 Å². The molecule has 3 rings (SSSR count). The lowest BCUT2D eigenvalue weighted by molar-refractivity contribution is 0.102. The minimum Gasteiger partial charge on any atom is -0.494 e. The Kier molecular flexibility index (Phi) is 6.16. The number of anilines is 2. The third kappa shape index (κ3) is 4.57. The Morgan fingerprint density at radius 1 is 1.12 bits per heavy atom. The minimum absolute atomic E-state index is 0.0952. The van der Waals surface area contributed by atoms with Gasteiger partial charge in [0.1, 0.15) is 5.75 Å². The van der Waals surface area contributed by atoms with E-state index in [1.54, 1.807) is 0 Å². The van der Waals surface area contributed by atoms with E-state index in [-0.39, 0.29) is 5.91 Å². The van der Waals surface area contributed by atoms with Crippen LogP contribution in [0.3, 0.4) is 0 Å². The zero-order valence-electron chi connectivity index (χ0n) is 15.8. The van der Waals surface area contributed by atoms with Crippen LogP contribution < -0.4 is 15.0 Å². The summed E-state index contributed by atoms with van der Waals surface area (Å²) in [5.41, 5.74) is 3.82. The summed E-state index contributed by atoms with van der Waals surface area (Å²) in [7, 11) is 0. The molecule has 4 heteroatoms. The Morgan fingerprint density at radius 2 is 1.85 bits per heavy atom. The van der Waals surface area contributed by atoms with Crippen LogP contribution in [-0.4, -0.2) is 25.6 Å². The molecule has 0 aliphatic carbocycles. The van der Waals surface area contributed by atoms with E-state index >= 15 is 0 Å². The van der Waals surface area contributed by atoms with Gasteiger partial charge in [-0.05, 0) is 74.2 Å². The summed E-state index contributed by atoms with van der Waals surface area (Å²) >= 11 is 0. The number of benzene rings is 2. The second-order valence-electron chi connectivity index (χ2n) is 6.87. The number of aryl methyl sites for hydroxylation is 1. The molecule has 1 saturated heterocycles. The molecule has 1 heterocycles. The molecule has 0 saturated carbocycles. The molecule has 1 N–H and O–H groups in total. The van der Waals surface area contributed by atoms with E-state index in [9.17, 15) is 4.79 Å². The molecule has 1 amide bonds. The summed E-state index contributed by atoms with van der Waals surface area (Å²) in [5.74, 6) is 0.711. The molecule has 138 valence electrons. The van der Waals surface area contributed by atoms with Crippen molar-refractivity contribution in [1.82, 2.24) is 0 Å². The van der Waals surface area contributed by atoms with Crippen molar-refractivity contribution in [2.75, 3.05) is 29.9 Å². The van der Waals surface area contributed by atoms with E-state index in [2.05, 4.69) is 29.3 Å². The first-order valence-electron chi connectivity index (χ1n) is 9.57. The van der Waals surface area contributed by atoms with Crippen LogP contribution in [0, 0.1) is 6.92 Å². The lowest BCUT2D eigenvalue weighted by Crippen LogP contribution is -2.18. The van der Waals surface area contributed by atoms with Crippen LogP contribution in [0.5, 0.6) is 5.75 Å². The van der Waals surface area contributed by atoms with Gasteiger partial charge in [-0.3, -0.25) is 4.79 Å². The quantitative estimate of drug-likeness (QED) is 0.711. The maximum Gasteiger partial charge on any atom is 0.255 e. The summed E-state index contributed by atoms with van der Waals surface area (Å²) in [6, 6.07) is 13.6. The van der Waals surface area contributed by atoms with Gasteiger partial charge in [-0.25, -0.2) is 0 Å². The molecule has 4 nitrogen and oxygen atoms in total. The van der Waals surface area contributed by atoms with Crippen molar-refractivity contribution in [2.45, 2.75) is 39.5 Å². The Morgan fingerprint density at radius 3 is 2.50 bits per heavy atom. The third-order valence-electron chi connectivity index (χ3n) is 4.81. The van der Waals surface area contributed by atoms with Gasteiger partial charge in [0, 0.05) is 30.0 Å². The smallest absolute Gasteiger partial charge is 0.255 e. The number of hydrogen-bond donors (Lipinski definition) is 1. The second kappa shape index (κ2) is 8.75. The predicted octanol–water partition coefficient (Wildman–Crippen LogP) is 5.03. The Hall–Kier alpha value is -2.49. The maximum absolute atomic E-state index is 12.5. The second-order valence-corrected chi connectivity index (χ2v) is 6.87. The van der Waals surface area contributed by atoms with Crippen LogP contribution in [0.2, 0.25) is 0 Å². The van der Waals surface area contributed by atoms with Crippen molar-refractivity contribution in [3.05, 3.63) is 53.6 Å². The van der Waals surface area contributed by atoms with Crippen LogP contribution in [0.1, 0.15) is 48.5 Å². The number of carbonyl (C=O) groups is 1. The maximum atomic E-state index is 12.5. The molecule has 26 heavy (non-hydrogen) atoms. The lowest BCUT2D eigenvalue weighted by atomic mass is 10.1. The van der Waals surface area contributed by atoms with E-state index in [0.29, 0.717) is 12.2 Å². The van der Waals surface area contributed by atoms with Gasteiger partial charge in [-0.1, -0.05) is 13.3 Å². The Balaban J connectivity index is 1.62. The van der Waals surface area contributed by atoms with Gasteiger partial charge in [0.05, 0.1) is 6.61 Å². The first-order valence-corrected chi connectivity index (χ1v) is 9.57. The van der Waals surface area contributed by atoms with Gasteiger partial charge in [-0.2, -0.15) is 0 Å². The summed E-state index contributed by atoms with van der Waals surface area (Å²) < 4.78 is 5.64. The Bertz CT molecular complexity index is 734. The first kappa shape index (κ1) is 18.3. The van der Waals surface area contributed by atoms with Crippen molar-refractivity contribution >= 4 is 17.3 Å². The molecule has 0 bridgehead atoms. The average molecular weight is 352 g/mol. The number of carbonyl (C=O) groups excluding carboxylic acids is 1. The van der Waals surface area contributed by atoms with E-state index in [0.717, 1.165) is 42.9 Å². The van der Waals surface area contributed by atoms with Crippen LogP contribution >= 0.6 is 0 Å². The zero-order valence-corrected chi connectivity index (χ0v) is 15.8. The van der Waals surface area contributed by atoms with Crippen LogP contribution in [-0.2, 0) is 0 Å². The van der Waals surface area contributed by atoms with Gasteiger partial charge in [0.15, 0.2) is 0 Å². The summed E-state index contributed by atoms with van der Waals surface area (Å²) in [6.45, 7) is 7.14. The highest BCUT2D eigenvalue weighted by Gasteiger charge is 2.14. The molecular formula is C22H28N2O2. The minimum atomic E-state index is -0.0952. The van der Waals surface area contributed by atoms with Crippen LogP contribution in [0.4, 0.5) is 11.4 Å². The van der Waals surface area contributed by atoms with Crippen molar-refractivity contribution in [1.29, 1.82) is 0 Å². The van der Waals surface area contributed by atoms with Crippen molar-refractivity contribution in [3.8, 4) is 5.75 Å². The standard InChI is InChI=1S/C22H28N2O2/c1-3-4-15-26-20-10-7-18(8-11-20)22(25)23-21-12-9-19(16-17(21)2)24-13-5-6-14-24/h7-12,16H,3-6,13-15H2,1-2H3,(H,23,25). The highest BCUT2D eigenvalue weighted by atomic mass is 16.5. The summed E-state index contributed by atoms with van der Waals surface area (Å²) in [4.78, 5) is 14.9. The van der Waals surface area contributed by atoms with Crippen molar-refractivity contribution < 1.29 is 9.53 Å². The van der Waals surface area contributed by atoms with E-state index in [4.69, 9.17) is 4.74 Å². The van der Waals surface area contributed by atoms with E-state index in [1.807, 2.05) is 37.3 Å². The molecule has 0 spiro atoms. The zero-order chi connectivity index (χ0) is 18.4. The number of nitrogens with zero attached hydrogens (tertiary/aromatic N) is 1. The van der Waals surface area contributed by atoms with Gasteiger partial charge in [-0.15, -0.1) is 0 Å². The van der Waals surface area contributed by atoms with Crippen molar-refractivity contribution in [2.24, 2.45) is 0 Å². The fourth-order valence-corrected chi connectivity index (χ4v) is 3.19. The SMILES string of the molecule is CCCCOc1ccc(C(=O)Nc2ccc(N3CCCC3)cc2C)cc1. The normalized spacial score (nSPS) is 13.7. The van der Waals surface area contributed by atoms with E-state index in [1.165, 1.54) is 18.5 Å². The highest BCUT2D eigenvalue weighted by molar-refractivity contribution is 6.04. The summed E-state index contributed by atoms with van der Waals surface area (Å²) in [6.07, 6.45) is 4.66. The fourth-order valence-electron chi connectivity index (χ4n) is 3.19. The van der Waals surface area contributed by atoms with Crippen LogP contribution in [0.25, 0.3) is 0 Å². The molecule has 0 aromatic heterocycles. The summed E-state index contributed by atoms with van der Waals surface area (Å²) in [5, 5.41) is 3.02. The van der Waals surface area contributed by atoms with Crippen LogP contribution in [0.15, 0.2) is 42.5 Å². The predicted molar refractivity (Wildman–Crippen MR) is 107 cm³/mol. The lowest BCUT2D eigenvalue weighted by Gasteiger charge is -2.19. The molecule has 2 aromatic carbocycles. The third-order valence-corrected chi connectivity index (χ3v) is 4.81. The van der Waals surface area contributed by atoms with Gasteiger partial charge in [0.25, 0.3) is 5.91 Å². The van der Waals surface area contributed by atoms with Gasteiger partial charge >= 0.3 is 0 Å². The topological polar surface area (TPSA) is 41.6 Å². The number of ether oxygens (including phenoxy) is 1. The highest BCUT2D eigenvalue weighted by Crippen LogP contribution is 2.26. The van der Waals surface area contributed by atoms with E-state index < -0.39 is 0 Å². The number of nitrogens with one attached hydrogen (secondary N) is 1. The number of unbranched alkanes of at least 4 members (excludes halogenated alkanes) is 1.